The molecule has 0 saturated carbocycles. The Morgan fingerprint density at radius 2 is 1.52 bits per heavy atom. The molecular weight excluding hydrogens is 563 g/mol. The molecule has 1 fully saturated rings. The summed E-state index contributed by atoms with van der Waals surface area (Å²) in [5.74, 6) is -2.90. The summed E-state index contributed by atoms with van der Waals surface area (Å²) in [6, 6.07) is 15.0. The fraction of sp³-hybridized carbons (Fsp3) is 0.469. The van der Waals surface area contributed by atoms with E-state index < -0.39 is 47.9 Å². The molecule has 0 aromatic heterocycles. The van der Waals surface area contributed by atoms with Crippen molar-refractivity contribution in [1.82, 2.24) is 21.3 Å². The molecule has 4 amide bonds. The van der Waals surface area contributed by atoms with Gasteiger partial charge in [0.2, 0.25) is 17.7 Å². The van der Waals surface area contributed by atoms with E-state index >= 15 is 0 Å². The van der Waals surface area contributed by atoms with Gasteiger partial charge in [-0.2, -0.15) is 0 Å². The molecule has 44 heavy (non-hydrogen) atoms. The van der Waals surface area contributed by atoms with Gasteiger partial charge in [0, 0.05) is 18.4 Å². The molecule has 3 rings (SSSR count). The molecule has 1 aliphatic heterocycles. The Kier molecular flexibility index (Phi) is 13.3. The molecule has 1 heterocycles. The Hall–Kier alpha value is -4.35. The van der Waals surface area contributed by atoms with Gasteiger partial charge in [-0.3, -0.25) is 14.4 Å². The number of alkyl carbamates (subject to hydrolysis) is 1. The minimum atomic E-state index is -1.10. The second-order valence-electron chi connectivity index (χ2n) is 11.3. The number of benzene rings is 2. The largest absolute Gasteiger partial charge is 0.467 e. The number of carbonyl (C=O) groups is 5. The lowest BCUT2D eigenvalue weighted by Crippen LogP contribution is -2.57. The smallest absolute Gasteiger partial charge is 0.408 e. The molecule has 235 valence electrons. The van der Waals surface area contributed by atoms with Gasteiger partial charge in [-0.05, 0) is 29.9 Å². The fourth-order valence-corrected chi connectivity index (χ4v) is 5.13. The summed E-state index contributed by atoms with van der Waals surface area (Å²) in [5.41, 5.74) is 1.56. The number of rotatable bonds is 15. The van der Waals surface area contributed by atoms with Crippen LogP contribution in [0.4, 0.5) is 4.79 Å². The van der Waals surface area contributed by atoms with Crippen LogP contribution < -0.4 is 21.3 Å². The predicted molar refractivity (Wildman–Crippen MR) is 165 cm³/mol. The third-order valence-electron chi connectivity index (χ3n) is 7.48. The highest BCUT2D eigenvalue weighted by atomic mass is 16.5. The SMILES string of the molecule is C[B]CC1C[C@@H](C[C@H](NC(=O)[C@H](Cc2ccccc2)NC(=O)[C@@H](NC(=O)OCc2ccccc2)C(C)C)C(=O)OC)C(=O)N1. The summed E-state index contributed by atoms with van der Waals surface area (Å²) in [6.45, 7) is 5.46. The monoisotopic (exact) mass is 605 g/mol. The number of hydrogen-bond donors (Lipinski definition) is 4. The lowest BCUT2D eigenvalue weighted by Gasteiger charge is -2.27. The van der Waals surface area contributed by atoms with E-state index in [2.05, 4.69) is 21.3 Å². The summed E-state index contributed by atoms with van der Waals surface area (Å²) >= 11 is 0. The van der Waals surface area contributed by atoms with Crippen molar-refractivity contribution in [3.05, 3.63) is 71.8 Å². The van der Waals surface area contributed by atoms with Crippen molar-refractivity contribution < 1.29 is 33.4 Å². The van der Waals surface area contributed by atoms with E-state index in [1.54, 1.807) is 13.8 Å². The Labute approximate surface area is 259 Å². The van der Waals surface area contributed by atoms with Crippen molar-refractivity contribution in [3.63, 3.8) is 0 Å². The third-order valence-corrected chi connectivity index (χ3v) is 7.48. The Balaban J connectivity index is 1.72. The van der Waals surface area contributed by atoms with Crippen LogP contribution in [0.15, 0.2) is 60.7 Å². The number of methoxy groups -OCH3 is 1. The average molecular weight is 606 g/mol. The van der Waals surface area contributed by atoms with Crippen molar-refractivity contribution in [1.29, 1.82) is 0 Å². The van der Waals surface area contributed by atoms with Crippen LogP contribution in [-0.4, -0.2) is 68.3 Å². The van der Waals surface area contributed by atoms with E-state index in [1.807, 2.05) is 74.8 Å². The number of amides is 4. The van der Waals surface area contributed by atoms with Gasteiger partial charge in [0.1, 0.15) is 32.0 Å². The zero-order valence-corrected chi connectivity index (χ0v) is 25.7. The van der Waals surface area contributed by atoms with E-state index in [0.717, 1.165) is 11.1 Å². The van der Waals surface area contributed by atoms with Crippen molar-refractivity contribution >= 4 is 37.1 Å². The van der Waals surface area contributed by atoms with Crippen molar-refractivity contribution in [3.8, 4) is 0 Å². The normalized spacial score (nSPS) is 17.9. The molecule has 1 radical (unpaired) electrons. The standard InChI is InChI=1S/C32H42BN4O7/c1-20(2)27(37-32(42)44-19-22-13-9-6-10-14-22)30(40)35-25(15-21-11-7-5-8-12-21)29(39)36-26(31(41)43-4)17-23-16-24(18-33-3)34-28(23)38/h5-14,20,23-27H,15-19H2,1-4H3,(H,34,38)(H,35,40)(H,36,39)(H,37,42)/t23-,24?,25-,26-,27-/m0/s1. The molecule has 11 nitrogen and oxygen atoms in total. The maximum Gasteiger partial charge on any atom is 0.408 e. The molecular formula is C32H42BN4O7. The first-order chi connectivity index (χ1) is 21.1. The van der Waals surface area contributed by atoms with E-state index in [-0.39, 0.29) is 37.3 Å². The first-order valence-electron chi connectivity index (χ1n) is 14.9. The predicted octanol–water partition coefficient (Wildman–Crippen LogP) is 2.39. The van der Waals surface area contributed by atoms with Crippen LogP contribution in [-0.2, 0) is 41.7 Å². The van der Waals surface area contributed by atoms with Gasteiger partial charge in [0.15, 0.2) is 0 Å². The van der Waals surface area contributed by atoms with Gasteiger partial charge in [-0.25, -0.2) is 9.59 Å². The first kappa shape index (κ1) is 34.1. The summed E-state index contributed by atoms with van der Waals surface area (Å²) in [6.07, 6.45) is 0.631. The van der Waals surface area contributed by atoms with Crippen LogP contribution in [0.25, 0.3) is 0 Å². The van der Waals surface area contributed by atoms with E-state index in [0.29, 0.717) is 12.7 Å². The number of carbonyl (C=O) groups excluding carboxylic acids is 5. The van der Waals surface area contributed by atoms with Crippen LogP contribution >= 0.6 is 0 Å². The molecule has 0 aliphatic carbocycles. The van der Waals surface area contributed by atoms with Gasteiger partial charge < -0.3 is 30.7 Å². The third kappa shape index (κ3) is 10.4. The van der Waals surface area contributed by atoms with Crippen LogP contribution in [0.1, 0.15) is 37.8 Å². The van der Waals surface area contributed by atoms with Crippen LogP contribution in [0, 0.1) is 11.8 Å². The molecule has 1 aliphatic rings. The van der Waals surface area contributed by atoms with E-state index in [4.69, 9.17) is 9.47 Å². The van der Waals surface area contributed by atoms with Crippen LogP contribution in [0.3, 0.4) is 0 Å². The van der Waals surface area contributed by atoms with Gasteiger partial charge in [-0.1, -0.05) is 87.7 Å². The van der Waals surface area contributed by atoms with Gasteiger partial charge in [-0.15, -0.1) is 0 Å². The Morgan fingerprint density at radius 1 is 0.909 bits per heavy atom. The zero-order chi connectivity index (χ0) is 32.1. The van der Waals surface area contributed by atoms with Gasteiger partial charge in [0.05, 0.1) is 7.11 Å². The summed E-state index contributed by atoms with van der Waals surface area (Å²) < 4.78 is 10.2. The van der Waals surface area contributed by atoms with Crippen LogP contribution in [0.2, 0.25) is 13.1 Å². The average Bonchev–Trinajstić information content (AvgIpc) is 3.36. The molecule has 0 bridgehead atoms. The quantitative estimate of drug-likeness (QED) is 0.180. The lowest BCUT2D eigenvalue weighted by molar-refractivity contribution is -0.146. The van der Waals surface area contributed by atoms with E-state index in [1.165, 1.54) is 7.11 Å². The minimum absolute atomic E-state index is 0.0311. The van der Waals surface area contributed by atoms with Gasteiger partial charge in [0.25, 0.3) is 0 Å². The maximum atomic E-state index is 13.7. The maximum absolute atomic E-state index is 13.7. The van der Waals surface area contributed by atoms with Crippen molar-refractivity contribution in [2.75, 3.05) is 7.11 Å². The molecule has 1 unspecified atom stereocenters. The van der Waals surface area contributed by atoms with Crippen molar-refractivity contribution in [2.45, 2.75) is 77.0 Å². The fourth-order valence-electron chi connectivity index (χ4n) is 5.13. The molecule has 4 N–H and O–H groups in total. The van der Waals surface area contributed by atoms with E-state index in [9.17, 15) is 24.0 Å². The number of ether oxygens (including phenoxy) is 2. The first-order valence-corrected chi connectivity index (χ1v) is 14.9. The topological polar surface area (TPSA) is 152 Å². The number of nitrogens with one attached hydrogen (secondary N) is 4. The molecule has 1 saturated heterocycles. The zero-order valence-electron chi connectivity index (χ0n) is 25.7. The molecule has 2 aromatic rings. The highest BCUT2D eigenvalue weighted by Crippen LogP contribution is 2.23. The Bertz CT molecular complexity index is 1260. The second-order valence-corrected chi connectivity index (χ2v) is 11.3. The van der Waals surface area contributed by atoms with Crippen molar-refractivity contribution in [2.24, 2.45) is 11.8 Å². The number of esters is 1. The van der Waals surface area contributed by atoms with Crippen LogP contribution in [0.5, 0.6) is 0 Å². The summed E-state index contributed by atoms with van der Waals surface area (Å²) in [4.78, 5) is 65.0. The Morgan fingerprint density at radius 3 is 2.11 bits per heavy atom. The van der Waals surface area contributed by atoms with Gasteiger partial charge >= 0.3 is 12.1 Å². The lowest BCUT2D eigenvalue weighted by atomic mass is 9.74. The number of hydrogen-bond acceptors (Lipinski definition) is 7. The summed E-state index contributed by atoms with van der Waals surface area (Å²) in [5, 5.41) is 11.0. The molecule has 0 spiro atoms. The summed E-state index contributed by atoms with van der Waals surface area (Å²) in [7, 11) is 3.18. The molecule has 5 atom stereocenters. The highest BCUT2D eigenvalue weighted by Gasteiger charge is 2.37. The molecule has 12 heteroatoms. The second kappa shape index (κ2) is 17.1. The highest BCUT2D eigenvalue weighted by molar-refractivity contribution is 6.33. The molecule has 2 aromatic carbocycles. The minimum Gasteiger partial charge on any atom is -0.467 e.